The summed E-state index contributed by atoms with van der Waals surface area (Å²) in [5, 5.41) is 15.5. The third kappa shape index (κ3) is 4.28. The predicted molar refractivity (Wildman–Crippen MR) is 113 cm³/mol. The highest BCUT2D eigenvalue weighted by Crippen LogP contribution is 2.28. The molecule has 1 atom stereocenters. The standard InChI is InChI=1S/C22H21FN2O2.ClH/c23-19-7-3-1-6-18(19)22(26)14-24-11-12-27-15-9-10-17-16-5-2-4-8-20(16)25-21(17)13-15;/h1-10,13,22,24-26H,11-12,14H2;1H. The lowest BCUT2D eigenvalue weighted by Gasteiger charge is -2.13. The summed E-state index contributed by atoms with van der Waals surface area (Å²) in [6.07, 6.45) is -0.881. The monoisotopic (exact) mass is 400 g/mol. The van der Waals surface area contributed by atoms with Crippen molar-refractivity contribution in [1.82, 2.24) is 10.3 Å². The number of halogens is 2. The van der Waals surface area contributed by atoms with Gasteiger partial charge in [0.2, 0.25) is 0 Å². The SMILES string of the molecule is Cl.OC(CNCCOc1ccc2c(c1)[nH]c1ccccc12)c1ccccc1F. The highest BCUT2D eigenvalue weighted by Gasteiger charge is 2.11. The van der Waals surface area contributed by atoms with E-state index in [-0.39, 0.29) is 19.0 Å². The molecule has 1 heterocycles. The average Bonchev–Trinajstić information content (AvgIpc) is 3.05. The maximum atomic E-state index is 13.6. The van der Waals surface area contributed by atoms with Crippen molar-refractivity contribution in [2.45, 2.75) is 6.10 Å². The van der Waals surface area contributed by atoms with Gasteiger partial charge in [-0.1, -0.05) is 36.4 Å². The fourth-order valence-electron chi connectivity index (χ4n) is 3.26. The molecule has 28 heavy (non-hydrogen) atoms. The number of benzene rings is 3. The van der Waals surface area contributed by atoms with Crippen LogP contribution >= 0.6 is 12.4 Å². The Hall–Kier alpha value is -2.60. The normalized spacial score (nSPS) is 12.1. The molecule has 0 aliphatic carbocycles. The largest absolute Gasteiger partial charge is 0.492 e. The van der Waals surface area contributed by atoms with Crippen LogP contribution < -0.4 is 10.1 Å². The fourth-order valence-corrected chi connectivity index (χ4v) is 3.26. The molecule has 4 rings (SSSR count). The molecule has 4 aromatic rings. The Balaban J connectivity index is 0.00000225. The van der Waals surface area contributed by atoms with E-state index in [1.807, 2.05) is 24.3 Å². The number of para-hydroxylation sites is 1. The molecule has 0 saturated heterocycles. The smallest absolute Gasteiger partial charge is 0.129 e. The predicted octanol–water partition coefficient (Wildman–Crippen LogP) is 4.58. The summed E-state index contributed by atoms with van der Waals surface area (Å²) < 4.78 is 19.4. The van der Waals surface area contributed by atoms with Gasteiger partial charge in [-0.15, -0.1) is 12.4 Å². The van der Waals surface area contributed by atoms with Gasteiger partial charge < -0.3 is 20.1 Å². The molecule has 4 nitrogen and oxygen atoms in total. The van der Waals surface area contributed by atoms with E-state index in [9.17, 15) is 9.50 Å². The Morgan fingerprint density at radius 3 is 2.57 bits per heavy atom. The second-order valence-electron chi connectivity index (χ2n) is 6.47. The number of aliphatic hydroxyl groups is 1. The van der Waals surface area contributed by atoms with Crippen molar-refractivity contribution in [3.05, 3.63) is 78.1 Å². The van der Waals surface area contributed by atoms with Gasteiger partial charge in [0, 0.05) is 41.0 Å². The maximum Gasteiger partial charge on any atom is 0.129 e. The summed E-state index contributed by atoms with van der Waals surface area (Å²) in [5.74, 6) is 0.389. The lowest BCUT2D eigenvalue weighted by Crippen LogP contribution is -2.26. The van der Waals surface area contributed by atoms with Crippen molar-refractivity contribution in [3.63, 3.8) is 0 Å². The third-order valence-corrected chi connectivity index (χ3v) is 4.63. The zero-order valence-electron chi connectivity index (χ0n) is 15.2. The molecular formula is C22H22ClFN2O2. The van der Waals surface area contributed by atoms with Crippen LogP contribution in [-0.2, 0) is 0 Å². The molecule has 1 aromatic heterocycles. The Bertz CT molecular complexity index is 1070. The number of aromatic nitrogens is 1. The average molecular weight is 401 g/mol. The van der Waals surface area contributed by atoms with Crippen LogP contribution in [0.5, 0.6) is 5.75 Å². The Morgan fingerprint density at radius 2 is 1.71 bits per heavy atom. The number of hydrogen-bond donors (Lipinski definition) is 3. The van der Waals surface area contributed by atoms with Crippen molar-refractivity contribution in [2.75, 3.05) is 19.7 Å². The van der Waals surface area contributed by atoms with Gasteiger partial charge in [-0.3, -0.25) is 0 Å². The van der Waals surface area contributed by atoms with E-state index in [2.05, 4.69) is 28.5 Å². The zero-order chi connectivity index (χ0) is 18.6. The van der Waals surface area contributed by atoms with Crippen LogP contribution in [0, 0.1) is 5.82 Å². The first-order valence-corrected chi connectivity index (χ1v) is 8.99. The van der Waals surface area contributed by atoms with E-state index >= 15 is 0 Å². The van der Waals surface area contributed by atoms with E-state index < -0.39 is 11.9 Å². The number of rotatable bonds is 7. The van der Waals surface area contributed by atoms with Gasteiger partial charge in [0.25, 0.3) is 0 Å². The van der Waals surface area contributed by atoms with E-state index in [1.54, 1.807) is 18.2 Å². The molecule has 0 aliphatic heterocycles. The van der Waals surface area contributed by atoms with Crippen LogP contribution in [0.3, 0.4) is 0 Å². The maximum absolute atomic E-state index is 13.6. The summed E-state index contributed by atoms with van der Waals surface area (Å²) in [7, 11) is 0. The van der Waals surface area contributed by atoms with Crippen LogP contribution in [0.2, 0.25) is 0 Å². The molecule has 0 fully saturated rings. The second-order valence-corrected chi connectivity index (χ2v) is 6.47. The highest BCUT2D eigenvalue weighted by molar-refractivity contribution is 6.07. The molecule has 0 aliphatic rings. The van der Waals surface area contributed by atoms with E-state index in [0.29, 0.717) is 18.7 Å². The Kier molecular flexibility index (Phi) is 6.52. The molecule has 0 saturated carbocycles. The highest BCUT2D eigenvalue weighted by atomic mass is 35.5. The van der Waals surface area contributed by atoms with Gasteiger partial charge in [0.15, 0.2) is 0 Å². The molecule has 1 unspecified atom stereocenters. The Morgan fingerprint density at radius 1 is 0.964 bits per heavy atom. The topological polar surface area (TPSA) is 57.3 Å². The van der Waals surface area contributed by atoms with Crippen LogP contribution in [0.25, 0.3) is 21.8 Å². The molecule has 6 heteroatoms. The minimum Gasteiger partial charge on any atom is -0.492 e. The zero-order valence-corrected chi connectivity index (χ0v) is 16.0. The number of H-pyrrole nitrogens is 1. The molecule has 0 bridgehead atoms. The van der Waals surface area contributed by atoms with Crippen LogP contribution in [0.4, 0.5) is 4.39 Å². The summed E-state index contributed by atoms with van der Waals surface area (Å²) in [5.41, 5.74) is 2.44. The molecule has 3 aromatic carbocycles. The van der Waals surface area contributed by atoms with Gasteiger partial charge in [-0.2, -0.15) is 0 Å². The fraction of sp³-hybridized carbons (Fsp3) is 0.182. The number of aliphatic hydroxyl groups excluding tert-OH is 1. The second kappa shape index (κ2) is 9.06. The van der Waals surface area contributed by atoms with Gasteiger partial charge in [0.05, 0.1) is 11.6 Å². The van der Waals surface area contributed by atoms with E-state index in [1.165, 1.54) is 16.8 Å². The third-order valence-electron chi connectivity index (χ3n) is 4.63. The van der Waals surface area contributed by atoms with Gasteiger partial charge in [-0.25, -0.2) is 4.39 Å². The molecular weight excluding hydrogens is 379 g/mol. The van der Waals surface area contributed by atoms with Gasteiger partial charge in [-0.05, 0) is 24.3 Å². The quantitative estimate of drug-likeness (QED) is 0.398. The lowest BCUT2D eigenvalue weighted by molar-refractivity contribution is 0.167. The van der Waals surface area contributed by atoms with Crippen molar-refractivity contribution >= 4 is 34.2 Å². The minimum absolute atomic E-state index is 0. The van der Waals surface area contributed by atoms with Crippen LogP contribution in [0.15, 0.2) is 66.7 Å². The summed E-state index contributed by atoms with van der Waals surface area (Å²) in [6, 6.07) is 20.5. The van der Waals surface area contributed by atoms with Gasteiger partial charge in [0.1, 0.15) is 18.2 Å². The van der Waals surface area contributed by atoms with Crippen molar-refractivity contribution < 1.29 is 14.2 Å². The molecule has 0 spiro atoms. The van der Waals surface area contributed by atoms with Crippen molar-refractivity contribution in [2.24, 2.45) is 0 Å². The Labute approximate surface area is 168 Å². The molecule has 0 radical (unpaired) electrons. The van der Waals surface area contributed by atoms with Crippen LogP contribution in [0.1, 0.15) is 11.7 Å². The molecule has 0 amide bonds. The first-order valence-electron chi connectivity index (χ1n) is 8.99. The van der Waals surface area contributed by atoms with Crippen molar-refractivity contribution in [3.8, 4) is 5.75 Å². The minimum atomic E-state index is -0.881. The first-order chi connectivity index (χ1) is 13.2. The summed E-state index contributed by atoms with van der Waals surface area (Å²) in [6.45, 7) is 1.28. The molecule has 146 valence electrons. The summed E-state index contributed by atoms with van der Waals surface area (Å²) in [4.78, 5) is 3.39. The number of aromatic amines is 1. The first kappa shape index (κ1) is 20.1. The number of fused-ring (bicyclic) bond motifs is 3. The van der Waals surface area contributed by atoms with Gasteiger partial charge >= 0.3 is 0 Å². The number of ether oxygens (including phenoxy) is 1. The van der Waals surface area contributed by atoms with Crippen LogP contribution in [-0.4, -0.2) is 29.8 Å². The van der Waals surface area contributed by atoms with E-state index in [0.717, 1.165) is 16.8 Å². The van der Waals surface area contributed by atoms with E-state index in [4.69, 9.17) is 4.74 Å². The summed E-state index contributed by atoms with van der Waals surface area (Å²) >= 11 is 0. The molecule has 3 N–H and O–H groups in total. The number of nitrogens with one attached hydrogen (secondary N) is 2. The lowest BCUT2D eigenvalue weighted by atomic mass is 10.1. The number of hydrogen-bond acceptors (Lipinski definition) is 3. The van der Waals surface area contributed by atoms with Crippen molar-refractivity contribution in [1.29, 1.82) is 0 Å².